The van der Waals surface area contributed by atoms with Crippen molar-refractivity contribution in [1.82, 2.24) is 9.88 Å². The lowest BCUT2D eigenvalue weighted by Crippen LogP contribution is -2.54. The van der Waals surface area contributed by atoms with Crippen LogP contribution in [0.2, 0.25) is 0 Å². The number of hydrogen-bond donors (Lipinski definition) is 0. The second-order valence-electron chi connectivity index (χ2n) is 5.34. The van der Waals surface area contributed by atoms with E-state index in [2.05, 4.69) is 4.98 Å². The summed E-state index contributed by atoms with van der Waals surface area (Å²) >= 11 is 0. The number of nitrogens with zero attached hydrogens (tertiary/aromatic N) is 2. The van der Waals surface area contributed by atoms with Crippen molar-refractivity contribution >= 4 is 5.91 Å². The van der Waals surface area contributed by atoms with Crippen molar-refractivity contribution in [2.45, 2.75) is 37.8 Å². The summed E-state index contributed by atoms with van der Waals surface area (Å²) in [5.41, 5.74) is 0.454. The fraction of sp³-hybridized carbons (Fsp3) is 0.600. The molecule has 1 aromatic heterocycles. The quantitative estimate of drug-likeness (QED) is 0.827. The van der Waals surface area contributed by atoms with E-state index in [9.17, 15) is 4.79 Å². The average molecular weight is 276 g/mol. The van der Waals surface area contributed by atoms with Gasteiger partial charge in [0.15, 0.2) is 0 Å². The number of hydrogen-bond acceptors (Lipinski definition) is 4. The summed E-state index contributed by atoms with van der Waals surface area (Å²) in [6.45, 7) is 1.27. The zero-order chi connectivity index (χ0) is 13.9. The SMILES string of the molecule is COc1ccnc(C(=O)N2CCOC3CCCCC32)c1. The van der Waals surface area contributed by atoms with E-state index in [1.807, 2.05) is 4.90 Å². The van der Waals surface area contributed by atoms with Crippen molar-refractivity contribution in [2.75, 3.05) is 20.3 Å². The van der Waals surface area contributed by atoms with Gasteiger partial charge in [-0.2, -0.15) is 0 Å². The van der Waals surface area contributed by atoms with Crippen LogP contribution >= 0.6 is 0 Å². The second kappa shape index (κ2) is 5.79. The van der Waals surface area contributed by atoms with Gasteiger partial charge in [0, 0.05) is 18.8 Å². The molecule has 1 saturated carbocycles. The molecule has 3 rings (SSSR count). The molecule has 108 valence electrons. The van der Waals surface area contributed by atoms with Gasteiger partial charge < -0.3 is 14.4 Å². The molecule has 5 nitrogen and oxygen atoms in total. The minimum absolute atomic E-state index is 0.0101. The van der Waals surface area contributed by atoms with Crippen molar-refractivity contribution in [1.29, 1.82) is 0 Å². The maximum atomic E-state index is 12.7. The van der Waals surface area contributed by atoms with E-state index >= 15 is 0 Å². The Bertz CT molecular complexity index is 490. The first kappa shape index (κ1) is 13.4. The van der Waals surface area contributed by atoms with Crippen molar-refractivity contribution in [2.24, 2.45) is 0 Å². The summed E-state index contributed by atoms with van der Waals surface area (Å²) in [6, 6.07) is 3.66. The molecule has 1 aliphatic heterocycles. The first-order chi connectivity index (χ1) is 9.79. The monoisotopic (exact) mass is 276 g/mol. The van der Waals surface area contributed by atoms with Gasteiger partial charge in [0.25, 0.3) is 5.91 Å². The Kier molecular flexibility index (Phi) is 3.87. The molecule has 1 amide bonds. The van der Waals surface area contributed by atoms with E-state index in [0.717, 1.165) is 12.8 Å². The van der Waals surface area contributed by atoms with Gasteiger partial charge in [-0.25, -0.2) is 0 Å². The lowest BCUT2D eigenvalue weighted by molar-refractivity contribution is -0.0754. The molecule has 2 unspecified atom stereocenters. The van der Waals surface area contributed by atoms with Crippen molar-refractivity contribution in [3.05, 3.63) is 24.0 Å². The van der Waals surface area contributed by atoms with Crippen LogP contribution < -0.4 is 4.74 Å². The molecule has 2 atom stereocenters. The number of carbonyl (C=O) groups is 1. The molecule has 1 aromatic rings. The van der Waals surface area contributed by atoms with E-state index in [1.165, 1.54) is 12.8 Å². The van der Waals surface area contributed by atoms with Gasteiger partial charge in [-0.1, -0.05) is 12.8 Å². The molecule has 20 heavy (non-hydrogen) atoms. The number of pyridine rings is 1. The third kappa shape index (κ3) is 2.50. The lowest BCUT2D eigenvalue weighted by Gasteiger charge is -2.43. The van der Waals surface area contributed by atoms with Gasteiger partial charge in [0.2, 0.25) is 0 Å². The summed E-state index contributed by atoms with van der Waals surface area (Å²) < 4.78 is 11.0. The Hall–Kier alpha value is -1.62. The Labute approximate surface area is 118 Å². The van der Waals surface area contributed by atoms with Crippen LogP contribution in [0.3, 0.4) is 0 Å². The topological polar surface area (TPSA) is 51.7 Å². The van der Waals surface area contributed by atoms with Crippen LogP contribution in [0.5, 0.6) is 5.75 Å². The highest BCUT2D eigenvalue weighted by molar-refractivity contribution is 5.93. The molecule has 0 N–H and O–H groups in total. The van der Waals surface area contributed by atoms with Crippen LogP contribution in [0.4, 0.5) is 0 Å². The number of carbonyl (C=O) groups excluding carboxylic acids is 1. The minimum Gasteiger partial charge on any atom is -0.497 e. The average Bonchev–Trinajstić information content (AvgIpc) is 2.53. The van der Waals surface area contributed by atoms with E-state index in [0.29, 0.717) is 24.6 Å². The highest BCUT2D eigenvalue weighted by Gasteiger charge is 2.37. The first-order valence-electron chi connectivity index (χ1n) is 7.22. The summed E-state index contributed by atoms with van der Waals surface area (Å²) in [7, 11) is 1.59. The van der Waals surface area contributed by atoms with Gasteiger partial charge in [-0.15, -0.1) is 0 Å². The molecule has 2 aliphatic rings. The summed E-state index contributed by atoms with van der Waals surface area (Å²) in [4.78, 5) is 18.8. The summed E-state index contributed by atoms with van der Waals surface area (Å²) in [5, 5.41) is 0. The fourth-order valence-electron chi connectivity index (χ4n) is 3.15. The standard InChI is InChI=1S/C15H20N2O3/c1-19-11-6-7-16-12(10-11)15(18)17-8-9-20-14-5-3-2-4-13(14)17/h6-7,10,13-14H,2-5,8-9H2,1H3. The van der Waals surface area contributed by atoms with E-state index in [-0.39, 0.29) is 18.1 Å². The van der Waals surface area contributed by atoms with Crippen LogP contribution in [0.25, 0.3) is 0 Å². The molecule has 5 heteroatoms. The Morgan fingerprint density at radius 3 is 3.15 bits per heavy atom. The minimum atomic E-state index is -0.0101. The number of aromatic nitrogens is 1. The van der Waals surface area contributed by atoms with Gasteiger partial charge in [0.05, 0.1) is 25.9 Å². The maximum Gasteiger partial charge on any atom is 0.273 e. The fourth-order valence-corrected chi connectivity index (χ4v) is 3.15. The third-order valence-corrected chi connectivity index (χ3v) is 4.18. The summed E-state index contributed by atoms with van der Waals surface area (Å²) in [5.74, 6) is 0.654. The van der Waals surface area contributed by atoms with E-state index in [4.69, 9.17) is 9.47 Å². The van der Waals surface area contributed by atoms with Crippen LogP contribution in [-0.2, 0) is 4.74 Å². The molecule has 0 aromatic carbocycles. The zero-order valence-corrected chi connectivity index (χ0v) is 11.7. The Morgan fingerprint density at radius 1 is 1.45 bits per heavy atom. The number of methoxy groups -OCH3 is 1. The molecule has 2 fully saturated rings. The van der Waals surface area contributed by atoms with Crippen molar-refractivity contribution in [3.63, 3.8) is 0 Å². The molecular formula is C15H20N2O3. The number of ether oxygens (including phenoxy) is 2. The molecule has 0 bridgehead atoms. The molecule has 1 aliphatic carbocycles. The predicted molar refractivity (Wildman–Crippen MR) is 73.8 cm³/mol. The second-order valence-corrected chi connectivity index (χ2v) is 5.34. The van der Waals surface area contributed by atoms with Crippen molar-refractivity contribution in [3.8, 4) is 5.75 Å². The third-order valence-electron chi connectivity index (χ3n) is 4.18. The number of amides is 1. The molecule has 0 spiro atoms. The zero-order valence-electron chi connectivity index (χ0n) is 11.7. The largest absolute Gasteiger partial charge is 0.497 e. The van der Waals surface area contributed by atoms with Crippen LogP contribution in [-0.4, -0.2) is 48.2 Å². The highest BCUT2D eigenvalue weighted by Crippen LogP contribution is 2.29. The van der Waals surface area contributed by atoms with Gasteiger partial charge in [0.1, 0.15) is 11.4 Å². The normalized spacial score (nSPS) is 25.9. The van der Waals surface area contributed by atoms with Crippen LogP contribution in [0.1, 0.15) is 36.2 Å². The predicted octanol–water partition coefficient (Wildman–Crippen LogP) is 1.87. The number of fused-ring (bicyclic) bond motifs is 1. The molecule has 0 radical (unpaired) electrons. The lowest BCUT2D eigenvalue weighted by atomic mass is 9.90. The van der Waals surface area contributed by atoms with E-state index < -0.39 is 0 Å². The smallest absolute Gasteiger partial charge is 0.273 e. The van der Waals surface area contributed by atoms with E-state index in [1.54, 1.807) is 25.4 Å². The van der Waals surface area contributed by atoms with Gasteiger partial charge in [-0.3, -0.25) is 9.78 Å². The summed E-state index contributed by atoms with van der Waals surface area (Å²) in [6.07, 6.45) is 6.26. The number of rotatable bonds is 2. The maximum absolute atomic E-state index is 12.7. The van der Waals surface area contributed by atoms with Crippen molar-refractivity contribution < 1.29 is 14.3 Å². The highest BCUT2D eigenvalue weighted by atomic mass is 16.5. The first-order valence-corrected chi connectivity index (χ1v) is 7.22. The van der Waals surface area contributed by atoms with Gasteiger partial charge >= 0.3 is 0 Å². The van der Waals surface area contributed by atoms with Crippen LogP contribution in [0, 0.1) is 0 Å². The Balaban J connectivity index is 1.81. The van der Waals surface area contributed by atoms with Gasteiger partial charge in [-0.05, 0) is 18.9 Å². The molecule has 1 saturated heterocycles. The van der Waals surface area contributed by atoms with Crippen LogP contribution in [0.15, 0.2) is 18.3 Å². The molecular weight excluding hydrogens is 256 g/mol. The Morgan fingerprint density at radius 2 is 2.30 bits per heavy atom. The number of morpholine rings is 1. The molecule has 2 heterocycles.